The van der Waals surface area contributed by atoms with Crippen molar-refractivity contribution in [1.29, 1.82) is 0 Å². The number of rotatable bonds is 1. The number of nitrogens with one attached hydrogen (secondary N) is 1. The van der Waals surface area contributed by atoms with Crippen molar-refractivity contribution in [3.8, 4) is 5.69 Å². The molecule has 20 heavy (non-hydrogen) atoms. The predicted molar refractivity (Wildman–Crippen MR) is 79.2 cm³/mol. The Morgan fingerprint density at radius 3 is 3.05 bits per heavy atom. The van der Waals surface area contributed by atoms with E-state index in [1.165, 1.54) is 0 Å². The number of halogens is 1. The van der Waals surface area contributed by atoms with Gasteiger partial charge in [0, 0.05) is 23.3 Å². The van der Waals surface area contributed by atoms with Crippen LogP contribution in [0.4, 0.5) is 0 Å². The number of aromatic nitrogens is 3. The molecule has 0 saturated carbocycles. The molecule has 1 N–H and O–H groups in total. The van der Waals surface area contributed by atoms with Crippen LogP contribution < -0.4 is 5.56 Å². The average Bonchev–Trinajstić information content (AvgIpc) is 3.04. The van der Waals surface area contributed by atoms with Gasteiger partial charge in [-0.1, -0.05) is 0 Å². The van der Waals surface area contributed by atoms with Gasteiger partial charge in [0.2, 0.25) is 0 Å². The number of H-pyrrole nitrogens is 1. The normalized spacial score (nSPS) is 11.4. The van der Waals surface area contributed by atoms with Crippen molar-refractivity contribution in [2.45, 2.75) is 0 Å². The maximum absolute atomic E-state index is 12.5. The Kier molecular flexibility index (Phi) is 2.34. The molecule has 5 nitrogen and oxygen atoms in total. The van der Waals surface area contributed by atoms with Crippen LogP contribution >= 0.6 is 15.9 Å². The van der Waals surface area contributed by atoms with E-state index in [1.807, 2.05) is 18.2 Å². The third kappa shape index (κ3) is 1.61. The maximum atomic E-state index is 12.5. The largest absolute Gasteiger partial charge is 0.449 e. The Bertz CT molecular complexity index is 996. The van der Waals surface area contributed by atoms with E-state index in [0.29, 0.717) is 15.6 Å². The SMILES string of the molecule is O=c1c2cc(Br)oc2ccn1-c1ccc2[nH]ncc2c1. The van der Waals surface area contributed by atoms with Crippen molar-refractivity contribution in [3.05, 3.63) is 57.7 Å². The van der Waals surface area contributed by atoms with Crippen LogP contribution in [0.2, 0.25) is 0 Å². The zero-order valence-corrected chi connectivity index (χ0v) is 11.7. The lowest BCUT2D eigenvalue weighted by Crippen LogP contribution is -2.16. The minimum atomic E-state index is -0.111. The molecule has 0 atom stereocenters. The Labute approximate surface area is 121 Å². The van der Waals surface area contributed by atoms with E-state index in [2.05, 4.69) is 26.1 Å². The van der Waals surface area contributed by atoms with E-state index in [9.17, 15) is 4.79 Å². The van der Waals surface area contributed by atoms with E-state index >= 15 is 0 Å². The van der Waals surface area contributed by atoms with Gasteiger partial charge in [0.05, 0.1) is 17.1 Å². The smallest absolute Gasteiger partial charge is 0.266 e. The molecule has 0 aliphatic carbocycles. The molecular weight excluding hydrogens is 322 g/mol. The quantitative estimate of drug-likeness (QED) is 0.583. The van der Waals surface area contributed by atoms with Crippen molar-refractivity contribution in [1.82, 2.24) is 14.8 Å². The molecule has 0 spiro atoms. The predicted octanol–water partition coefficient (Wildman–Crippen LogP) is 3.22. The number of hydrogen-bond acceptors (Lipinski definition) is 3. The summed E-state index contributed by atoms with van der Waals surface area (Å²) >= 11 is 3.24. The molecule has 6 heteroatoms. The highest BCUT2D eigenvalue weighted by molar-refractivity contribution is 9.10. The monoisotopic (exact) mass is 329 g/mol. The lowest BCUT2D eigenvalue weighted by molar-refractivity contribution is 0.587. The Morgan fingerprint density at radius 1 is 1.25 bits per heavy atom. The van der Waals surface area contributed by atoms with Gasteiger partial charge in [0.25, 0.3) is 5.56 Å². The minimum Gasteiger partial charge on any atom is -0.449 e. The minimum absolute atomic E-state index is 0.111. The molecule has 98 valence electrons. The van der Waals surface area contributed by atoms with Crippen LogP contribution in [0, 0.1) is 0 Å². The summed E-state index contributed by atoms with van der Waals surface area (Å²) in [6.07, 6.45) is 3.44. The summed E-state index contributed by atoms with van der Waals surface area (Å²) in [4.78, 5) is 12.5. The number of nitrogens with zero attached hydrogens (tertiary/aromatic N) is 2. The molecular formula is C14H8BrN3O2. The zero-order valence-electron chi connectivity index (χ0n) is 10.1. The summed E-state index contributed by atoms with van der Waals surface area (Å²) in [5, 5.41) is 8.37. The number of hydrogen-bond donors (Lipinski definition) is 1. The second kappa shape index (κ2) is 4.08. The first-order valence-corrected chi connectivity index (χ1v) is 6.76. The lowest BCUT2D eigenvalue weighted by Gasteiger charge is -2.05. The van der Waals surface area contributed by atoms with Crippen LogP contribution in [0.5, 0.6) is 0 Å². The van der Waals surface area contributed by atoms with Crippen LogP contribution in [0.25, 0.3) is 27.6 Å². The van der Waals surface area contributed by atoms with Crippen LogP contribution in [-0.2, 0) is 0 Å². The van der Waals surface area contributed by atoms with E-state index in [4.69, 9.17) is 4.42 Å². The number of fused-ring (bicyclic) bond motifs is 2. The molecule has 3 aromatic heterocycles. The number of pyridine rings is 1. The molecule has 1 aromatic carbocycles. The van der Waals surface area contributed by atoms with Crippen LogP contribution in [0.3, 0.4) is 0 Å². The maximum Gasteiger partial charge on any atom is 0.266 e. The van der Waals surface area contributed by atoms with Crippen molar-refractivity contribution in [2.24, 2.45) is 0 Å². The molecule has 0 fully saturated rings. The van der Waals surface area contributed by atoms with Gasteiger partial charge >= 0.3 is 0 Å². The van der Waals surface area contributed by atoms with E-state index in [0.717, 1.165) is 16.6 Å². The van der Waals surface area contributed by atoms with Crippen molar-refractivity contribution in [2.75, 3.05) is 0 Å². The van der Waals surface area contributed by atoms with Gasteiger partial charge in [-0.2, -0.15) is 5.10 Å². The summed E-state index contributed by atoms with van der Waals surface area (Å²) in [7, 11) is 0. The first-order valence-electron chi connectivity index (χ1n) is 5.96. The van der Waals surface area contributed by atoms with Gasteiger partial charge in [0.15, 0.2) is 4.67 Å². The standard InChI is InChI=1S/C14H8BrN3O2/c15-13-6-10-12(20-13)3-4-18(14(10)19)9-1-2-11-8(5-9)7-16-17-11/h1-7H,(H,16,17). The summed E-state index contributed by atoms with van der Waals surface area (Å²) in [6, 6.07) is 9.16. The van der Waals surface area contributed by atoms with Gasteiger partial charge in [0.1, 0.15) is 5.58 Å². The van der Waals surface area contributed by atoms with Crippen molar-refractivity contribution < 1.29 is 4.42 Å². The summed E-state index contributed by atoms with van der Waals surface area (Å²) in [5.74, 6) is 0. The summed E-state index contributed by atoms with van der Waals surface area (Å²) in [6.45, 7) is 0. The average molecular weight is 330 g/mol. The molecule has 0 bridgehead atoms. The van der Waals surface area contributed by atoms with Gasteiger partial charge in [-0.15, -0.1) is 0 Å². The Morgan fingerprint density at radius 2 is 2.15 bits per heavy atom. The Hall–Kier alpha value is -2.34. The van der Waals surface area contributed by atoms with Crippen molar-refractivity contribution >= 4 is 37.8 Å². The van der Waals surface area contributed by atoms with Crippen LogP contribution in [0.1, 0.15) is 0 Å². The zero-order chi connectivity index (χ0) is 13.7. The molecule has 0 aliphatic heterocycles. The van der Waals surface area contributed by atoms with Crippen LogP contribution in [-0.4, -0.2) is 14.8 Å². The fourth-order valence-corrected chi connectivity index (χ4v) is 2.69. The van der Waals surface area contributed by atoms with E-state index in [1.54, 1.807) is 29.1 Å². The van der Waals surface area contributed by atoms with Crippen LogP contribution in [0.15, 0.2) is 56.6 Å². The fourth-order valence-electron chi connectivity index (χ4n) is 2.29. The molecule has 0 radical (unpaired) electrons. The van der Waals surface area contributed by atoms with Crippen molar-refractivity contribution in [3.63, 3.8) is 0 Å². The second-order valence-electron chi connectivity index (χ2n) is 4.46. The first kappa shape index (κ1) is 11.5. The highest BCUT2D eigenvalue weighted by Crippen LogP contribution is 2.21. The third-order valence-corrected chi connectivity index (χ3v) is 3.65. The molecule has 3 heterocycles. The molecule has 0 aliphatic rings. The van der Waals surface area contributed by atoms with Gasteiger partial charge in [-0.25, -0.2) is 0 Å². The summed E-state index contributed by atoms with van der Waals surface area (Å²) < 4.78 is 7.53. The molecule has 4 aromatic rings. The number of aromatic amines is 1. The highest BCUT2D eigenvalue weighted by atomic mass is 79.9. The molecule has 4 rings (SSSR count). The second-order valence-corrected chi connectivity index (χ2v) is 5.24. The van der Waals surface area contributed by atoms with Gasteiger partial charge in [-0.3, -0.25) is 14.5 Å². The number of benzene rings is 1. The number of furan rings is 1. The topological polar surface area (TPSA) is 63.8 Å². The van der Waals surface area contributed by atoms with Gasteiger partial charge < -0.3 is 4.42 Å². The Balaban J connectivity index is 2.01. The molecule has 0 unspecified atom stereocenters. The first-order chi connectivity index (χ1) is 9.72. The molecule has 0 saturated heterocycles. The summed E-state index contributed by atoms with van der Waals surface area (Å²) in [5.41, 5.74) is 2.19. The fraction of sp³-hybridized carbons (Fsp3) is 0. The van der Waals surface area contributed by atoms with E-state index < -0.39 is 0 Å². The third-order valence-electron chi connectivity index (χ3n) is 3.26. The van der Waals surface area contributed by atoms with E-state index in [-0.39, 0.29) is 5.56 Å². The lowest BCUT2D eigenvalue weighted by atomic mass is 10.2. The highest BCUT2D eigenvalue weighted by Gasteiger charge is 2.09. The molecule has 0 amide bonds. The van der Waals surface area contributed by atoms with Gasteiger partial charge in [-0.05, 0) is 40.2 Å².